The van der Waals surface area contributed by atoms with Crippen molar-refractivity contribution < 1.29 is 19.4 Å². The zero-order valence-electron chi connectivity index (χ0n) is 9.15. The summed E-state index contributed by atoms with van der Waals surface area (Å²) in [6, 6.07) is 3.68. The standard InChI is InChI=1S/C11H13ClFNO3/c1-6(15)14-5-10(16)11(17)8-4-7(12)2-3-9(8)13/h2-4,10-11,16-17H,5H2,1H3,(H,14,15). The second-order valence-electron chi connectivity index (χ2n) is 3.62. The SMILES string of the molecule is CC(=O)NCC(O)C(O)c1cc(Cl)ccc1F. The van der Waals surface area contributed by atoms with Crippen molar-refractivity contribution >= 4 is 17.5 Å². The van der Waals surface area contributed by atoms with Crippen molar-refractivity contribution in [1.29, 1.82) is 0 Å². The third-order valence-corrected chi connectivity index (χ3v) is 2.44. The van der Waals surface area contributed by atoms with Gasteiger partial charge < -0.3 is 15.5 Å². The smallest absolute Gasteiger partial charge is 0.216 e. The van der Waals surface area contributed by atoms with Crippen molar-refractivity contribution in [3.63, 3.8) is 0 Å². The molecule has 3 N–H and O–H groups in total. The molecule has 2 atom stereocenters. The van der Waals surface area contributed by atoms with E-state index < -0.39 is 18.0 Å². The van der Waals surface area contributed by atoms with Gasteiger partial charge in [0.2, 0.25) is 5.91 Å². The van der Waals surface area contributed by atoms with Crippen LogP contribution in [-0.4, -0.2) is 28.8 Å². The first kappa shape index (κ1) is 13.9. The lowest BCUT2D eigenvalue weighted by atomic mass is 10.0. The van der Waals surface area contributed by atoms with E-state index in [2.05, 4.69) is 5.32 Å². The number of halogens is 2. The molecule has 0 saturated carbocycles. The zero-order chi connectivity index (χ0) is 13.0. The summed E-state index contributed by atoms with van der Waals surface area (Å²) in [6.45, 7) is 1.11. The molecule has 0 radical (unpaired) electrons. The summed E-state index contributed by atoms with van der Waals surface area (Å²) in [5, 5.41) is 21.9. The maximum Gasteiger partial charge on any atom is 0.216 e. The van der Waals surface area contributed by atoms with Crippen LogP contribution in [-0.2, 0) is 4.79 Å². The van der Waals surface area contributed by atoms with Crippen molar-refractivity contribution in [3.8, 4) is 0 Å². The van der Waals surface area contributed by atoms with Crippen LogP contribution in [0.1, 0.15) is 18.6 Å². The monoisotopic (exact) mass is 261 g/mol. The average molecular weight is 262 g/mol. The number of carbonyl (C=O) groups is 1. The van der Waals surface area contributed by atoms with Gasteiger partial charge >= 0.3 is 0 Å². The van der Waals surface area contributed by atoms with E-state index in [4.69, 9.17) is 11.6 Å². The molecule has 0 aromatic heterocycles. The van der Waals surface area contributed by atoms with E-state index in [-0.39, 0.29) is 23.0 Å². The third kappa shape index (κ3) is 3.96. The number of rotatable bonds is 4. The Morgan fingerprint density at radius 3 is 2.76 bits per heavy atom. The molecule has 4 nitrogen and oxygen atoms in total. The highest BCUT2D eigenvalue weighted by Crippen LogP contribution is 2.23. The van der Waals surface area contributed by atoms with Gasteiger partial charge in [0.05, 0.1) is 0 Å². The van der Waals surface area contributed by atoms with Crippen molar-refractivity contribution in [3.05, 3.63) is 34.6 Å². The van der Waals surface area contributed by atoms with E-state index >= 15 is 0 Å². The van der Waals surface area contributed by atoms with E-state index in [1.54, 1.807) is 0 Å². The molecule has 0 spiro atoms. The van der Waals surface area contributed by atoms with Crippen LogP contribution in [0.5, 0.6) is 0 Å². The minimum Gasteiger partial charge on any atom is -0.388 e. The van der Waals surface area contributed by atoms with Crippen LogP contribution >= 0.6 is 11.6 Å². The summed E-state index contributed by atoms with van der Waals surface area (Å²) in [5.74, 6) is -1.01. The molecule has 0 saturated heterocycles. The molecule has 1 aromatic carbocycles. The maximum absolute atomic E-state index is 13.4. The minimum atomic E-state index is -1.44. The molecule has 0 aliphatic rings. The van der Waals surface area contributed by atoms with Crippen LogP contribution in [0.2, 0.25) is 5.02 Å². The molecular formula is C11H13ClFNO3. The van der Waals surface area contributed by atoms with Crippen LogP contribution < -0.4 is 5.32 Å². The summed E-state index contributed by atoms with van der Waals surface area (Å²) in [4.78, 5) is 10.6. The first-order valence-corrected chi connectivity index (χ1v) is 5.35. The van der Waals surface area contributed by atoms with E-state index in [0.717, 1.165) is 6.07 Å². The Morgan fingerprint density at radius 1 is 1.53 bits per heavy atom. The number of aliphatic hydroxyl groups is 2. The highest BCUT2D eigenvalue weighted by molar-refractivity contribution is 6.30. The molecule has 0 fully saturated rings. The Balaban J connectivity index is 2.77. The van der Waals surface area contributed by atoms with Crippen LogP contribution in [0, 0.1) is 5.82 Å². The number of hydrogen-bond donors (Lipinski definition) is 3. The highest BCUT2D eigenvalue weighted by Gasteiger charge is 2.21. The fourth-order valence-corrected chi connectivity index (χ4v) is 1.49. The first-order valence-electron chi connectivity index (χ1n) is 4.97. The number of amides is 1. The second-order valence-corrected chi connectivity index (χ2v) is 4.05. The first-order chi connectivity index (χ1) is 7.91. The van der Waals surface area contributed by atoms with Gasteiger partial charge in [0.1, 0.15) is 18.0 Å². The lowest BCUT2D eigenvalue weighted by Gasteiger charge is -2.19. The normalized spacial score (nSPS) is 14.2. The van der Waals surface area contributed by atoms with Gasteiger partial charge in [0.25, 0.3) is 0 Å². The van der Waals surface area contributed by atoms with Gasteiger partial charge in [-0.2, -0.15) is 0 Å². The largest absolute Gasteiger partial charge is 0.388 e. The maximum atomic E-state index is 13.4. The van der Waals surface area contributed by atoms with Gasteiger partial charge in [0, 0.05) is 24.1 Å². The Kier molecular flexibility index (Phi) is 4.86. The van der Waals surface area contributed by atoms with Crippen molar-refractivity contribution in [2.24, 2.45) is 0 Å². The van der Waals surface area contributed by atoms with Gasteiger partial charge in [-0.25, -0.2) is 4.39 Å². The fraction of sp³-hybridized carbons (Fsp3) is 0.364. The predicted molar refractivity (Wildman–Crippen MR) is 61.1 cm³/mol. The highest BCUT2D eigenvalue weighted by atomic mass is 35.5. The van der Waals surface area contributed by atoms with Gasteiger partial charge in [-0.3, -0.25) is 4.79 Å². The Labute approximate surface area is 103 Å². The molecule has 1 aromatic rings. The number of carbonyl (C=O) groups excluding carboxylic acids is 1. The van der Waals surface area contributed by atoms with Crippen LogP contribution in [0.3, 0.4) is 0 Å². The number of aliphatic hydroxyl groups excluding tert-OH is 2. The van der Waals surface area contributed by atoms with E-state index in [0.29, 0.717) is 0 Å². The summed E-state index contributed by atoms with van der Waals surface area (Å²) in [5.41, 5.74) is -0.102. The molecule has 0 aliphatic heterocycles. The van der Waals surface area contributed by atoms with E-state index in [9.17, 15) is 19.4 Å². The quantitative estimate of drug-likeness (QED) is 0.758. The Bertz CT molecular complexity index is 414. The van der Waals surface area contributed by atoms with Gasteiger partial charge in [0.15, 0.2) is 0 Å². The fourth-order valence-electron chi connectivity index (χ4n) is 1.31. The third-order valence-electron chi connectivity index (χ3n) is 2.20. The summed E-state index contributed by atoms with van der Waals surface area (Å²) in [7, 11) is 0. The zero-order valence-corrected chi connectivity index (χ0v) is 9.91. The molecule has 0 heterocycles. The van der Waals surface area contributed by atoms with Crippen LogP contribution in [0.25, 0.3) is 0 Å². The average Bonchev–Trinajstić information content (AvgIpc) is 2.28. The molecular weight excluding hydrogens is 249 g/mol. The summed E-state index contributed by atoms with van der Waals surface area (Å²) in [6.07, 6.45) is -2.74. The lowest BCUT2D eigenvalue weighted by Crippen LogP contribution is -2.34. The van der Waals surface area contributed by atoms with Gasteiger partial charge in [-0.15, -0.1) is 0 Å². The predicted octanol–water partition coefficient (Wildman–Crippen LogP) is 1.01. The van der Waals surface area contributed by atoms with Gasteiger partial charge in [-0.05, 0) is 18.2 Å². The Hall–Kier alpha value is -1.17. The minimum absolute atomic E-state index is 0.102. The van der Waals surface area contributed by atoms with Crippen molar-refractivity contribution in [2.45, 2.75) is 19.1 Å². The van der Waals surface area contributed by atoms with Crippen LogP contribution in [0.15, 0.2) is 18.2 Å². The summed E-state index contributed by atoms with van der Waals surface area (Å²) >= 11 is 5.66. The molecule has 17 heavy (non-hydrogen) atoms. The molecule has 6 heteroatoms. The van der Waals surface area contributed by atoms with Crippen LogP contribution in [0.4, 0.5) is 4.39 Å². The molecule has 0 aliphatic carbocycles. The number of nitrogens with one attached hydrogen (secondary N) is 1. The van der Waals surface area contributed by atoms with Crippen molar-refractivity contribution in [2.75, 3.05) is 6.54 Å². The number of hydrogen-bond acceptors (Lipinski definition) is 3. The topological polar surface area (TPSA) is 69.6 Å². The van der Waals surface area contributed by atoms with Gasteiger partial charge in [-0.1, -0.05) is 11.6 Å². The summed E-state index contributed by atoms with van der Waals surface area (Å²) < 4.78 is 13.4. The van der Waals surface area contributed by atoms with E-state index in [1.807, 2.05) is 0 Å². The molecule has 1 amide bonds. The number of benzene rings is 1. The molecule has 1 rings (SSSR count). The lowest BCUT2D eigenvalue weighted by molar-refractivity contribution is -0.119. The second kappa shape index (κ2) is 5.95. The Morgan fingerprint density at radius 2 is 2.18 bits per heavy atom. The van der Waals surface area contributed by atoms with E-state index in [1.165, 1.54) is 19.1 Å². The molecule has 0 bridgehead atoms. The molecule has 94 valence electrons. The molecule has 2 unspecified atom stereocenters. The van der Waals surface area contributed by atoms with Crippen molar-refractivity contribution in [1.82, 2.24) is 5.32 Å².